The van der Waals surface area contributed by atoms with Crippen LogP contribution in [-0.2, 0) is 18.4 Å². The van der Waals surface area contributed by atoms with Gasteiger partial charge in [0.2, 0.25) is 0 Å². The van der Waals surface area contributed by atoms with Gasteiger partial charge in [0.05, 0.1) is 6.61 Å². The Morgan fingerprint density at radius 3 is 2.90 bits per heavy atom. The summed E-state index contributed by atoms with van der Waals surface area (Å²) in [7, 11) is 3.46. The molecular formula is C6H11N3O. The lowest BCUT2D eigenvalue weighted by Gasteiger charge is -1.92. The average Bonchev–Trinajstić information content (AvgIpc) is 2.13. The van der Waals surface area contributed by atoms with Crippen molar-refractivity contribution in [3.05, 3.63) is 11.8 Å². The predicted molar refractivity (Wildman–Crippen MR) is 38.3 cm³/mol. The third kappa shape index (κ3) is 1.27. The van der Waals surface area contributed by atoms with Gasteiger partial charge < -0.3 is 10.5 Å². The minimum absolute atomic E-state index is 0.527. The van der Waals surface area contributed by atoms with Crippen molar-refractivity contribution in [1.82, 2.24) is 9.78 Å². The van der Waals surface area contributed by atoms with Gasteiger partial charge in [0.25, 0.3) is 0 Å². The van der Waals surface area contributed by atoms with E-state index in [4.69, 9.17) is 10.5 Å². The molecule has 0 saturated carbocycles. The molecule has 0 aliphatic rings. The van der Waals surface area contributed by atoms with Gasteiger partial charge in [0.1, 0.15) is 0 Å². The second-order valence-corrected chi connectivity index (χ2v) is 2.15. The Bertz CT molecular complexity index is 219. The minimum Gasteiger partial charge on any atom is -0.382 e. The van der Waals surface area contributed by atoms with E-state index in [-0.39, 0.29) is 0 Å². The van der Waals surface area contributed by atoms with Crippen molar-refractivity contribution in [2.75, 3.05) is 12.8 Å². The number of aryl methyl sites for hydroxylation is 1. The van der Waals surface area contributed by atoms with Crippen molar-refractivity contribution in [3.8, 4) is 0 Å². The standard InChI is InChI=1S/C6H11N3O/c1-9-3-5(4-10-2)6(7)8-9/h3H,4H2,1-2H3,(H2,7,8). The normalized spacial score (nSPS) is 10.2. The van der Waals surface area contributed by atoms with E-state index < -0.39 is 0 Å². The smallest absolute Gasteiger partial charge is 0.150 e. The molecule has 0 aromatic carbocycles. The molecule has 0 radical (unpaired) electrons. The van der Waals surface area contributed by atoms with Crippen LogP contribution < -0.4 is 5.73 Å². The number of anilines is 1. The number of methoxy groups -OCH3 is 1. The van der Waals surface area contributed by atoms with E-state index in [0.29, 0.717) is 12.4 Å². The second kappa shape index (κ2) is 2.70. The van der Waals surface area contributed by atoms with E-state index in [1.807, 2.05) is 13.2 Å². The molecule has 1 heterocycles. The number of aromatic nitrogens is 2. The molecule has 10 heavy (non-hydrogen) atoms. The van der Waals surface area contributed by atoms with Crippen LogP contribution in [0.25, 0.3) is 0 Å². The first kappa shape index (κ1) is 7.08. The Kier molecular flexibility index (Phi) is 1.91. The highest BCUT2D eigenvalue weighted by Gasteiger charge is 2.01. The topological polar surface area (TPSA) is 53.1 Å². The average molecular weight is 141 g/mol. The van der Waals surface area contributed by atoms with Crippen LogP contribution in [0.1, 0.15) is 5.56 Å². The lowest BCUT2D eigenvalue weighted by molar-refractivity contribution is 0.185. The fourth-order valence-corrected chi connectivity index (χ4v) is 0.821. The summed E-state index contributed by atoms with van der Waals surface area (Å²) < 4.78 is 6.56. The summed E-state index contributed by atoms with van der Waals surface area (Å²) in [5.74, 6) is 0.546. The lowest BCUT2D eigenvalue weighted by Crippen LogP contribution is -1.93. The first-order valence-corrected chi connectivity index (χ1v) is 3.01. The molecule has 0 spiro atoms. The summed E-state index contributed by atoms with van der Waals surface area (Å²) in [6.45, 7) is 0.527. The molecule has 0 saturated heterocycles. The van der Waals surface area contributed by atoms with E-state index in [1.54, 1.807) is 11.8 Å². The molecule has 0 aliphatic carbocycles. The van der Waals surface area contributed by atoms with Crippen molar-refractivity contribution in [2.45, 2.75) is 6.61 Å². The lowest BCUT2D eigenvalue weighted by atomic mass is 10.3. The van der Waals surface area contributed by atoms with Crippen LogP contribution in [0.2, 0.25) is 0 Å². The molecule has 56 valence electrons. The number of nitrogen functional groups attached to an aromatic ring is 1. The van der Waals surface area contributed by atoms with Gasteiger partial charge in [0.15, 0.2) is 5.82 Å². The quantitative estimate of drug-likeness (QED) is 0.637. The van der Waals surface area contributed by atoms with Crippen molar-refractivity contribution in [2.24, 2.45) is 7.05 Å². The van der Waals surface area contributed by atoms with Gasteiger partial charge in [-0.05, 0) is 0 Å². The zero-order valence-electron chi connectivity index (χ0n) is 6.16. The first-order chi connectivity index (χ1) is 4.74. The van der Waals surface area contributed by atoms with Crippen LogP contribution in [0.5, 0.6) is 0 Å². The maximum absolute atomic E-state index is 5.52. The molecule has 0 bridgehead atoms. The third-order valence-electron chi connectivity index (χ3n) is 1.24. The summed E-state index contributed by atoms with van der Waals surface area (Å²) in [5, 5.41) is 3.94. The van der Waals surface area contributed by atoms with Gasteiger partial charge >= 0.3 is 0 Å². The second-order valence-electron chi connectivity index (χ2n) is 2.15. The predicted octanol–water partition coefficient (Wildman–Crippen LogP) is 0.149. The van der Waals surface area contributed by atoms with Gasteiger partial charge in [-0.15, -0.1) is 0 Å². The number of nitrogens with two attached hydrogens (primary N) is 1. The Hall–Kier alpha value is -1.03. The molecule has 0 fully saturated rings. The number of hydrogen-bond donors (Lipinski definition) is 1. The van der Waals surface area contributed by atoms with E-state index in [1.165, 1.54) is 0 Å². The Labute approximate surface area is 59.6 Å². The largest absolute Gasteiger partial charge is 0.382 e. The van der Waals surface area contributed by atoms with Crippen molar-refractivity contribution in [1.29, 1.82) is 0 Å². The molecular weight excluding hydrogens is 130 g/mol. The summed E-state index contributed by atoms with van der Waals surface area (Å²) >= 11 is 0. The van der Waals surface area contributed by atoms with Crippen molar-refractivity contribution < 1.29 is 4.74 Å². The maximum atomic E-state index is 5.52. The highest BCUT2D eigenvalue weighted by Crippen LogP contribution is 2.07. The molecule has 1 rings (SSSR count). The number of nitrogens with zero attached hydrogens (tertiary/aromatic N) is 2. The zero-order chi connectivity index (χ0) is 7.56. The fraction of sp³-hybridized carbons (Fsp3) is 0.500. The minimum atomic E-state index is 0.527. The van der Waals surface area contributed by atoms with Gasteiger partial charge in [-0.2, -0.15) is 5.10 Å². The van der Waals surface area contributed by atoms with Crippen molar-refractivity contribution >= 4 is 5.82 Å². The zero-order valence-corrected chi connectivity index (χ0v) is 6.16. The molecule has 4 nitrogen and oxygen atoms in total. The molecule has 2 N–H and O–H groups in total. The Morgan fingerprint density at radius 1 is 1.80 bits per heavy atom. The van der Waals surface area contributed by atoms with E-state index in [0.717, 1.165) is 5.56 Å². The van der Waals surface area contributed by atoms with E-state index >= 15 is 0 Å². The van der Waals surface area contributed by atoms with Gasteiger partial charge in [-0.25, -0.2) is 0 Å². The van der Waals surface area contributed by atoms with E-state index in [2.05, 4.69) is 5.10 Å². The molecule has 0 atom stereocenters. The van der Waals surface area contributed by atoms with Crippen LogP contribution in [-0.4, -0.2) is 16.9 Å². The first-order valence-electron chi connectivity index (χ1n) is 3.01. The summed E-state index contributed by atoms with van der Waals surface area (Å²) in [4.78, 5) is 0. The van der Waals surface area contributed by atoms with Gasteiger partial charge in [0, 0.05) is 25.9 Å². The van der Waals surface area contributed by atoms with Crippen LogP contribution >= 0.6 is 0 Å². The Balaban J connectivity index is 2.81. The monoisotopic (exact) mass is 141 g/mol. The summed E-state index contributed by atoms with van der Waals surface area (Å²) in [5.41, 5.74) is 6.45. The van der Waals surface area contributed by atoms with Crippen LogP contribution in [0.4, 0.5) is 5.82 Å². The number of ether oxygens (including phenoxy) is 1. The maximum Gasteiger partial charge on any atom is 0.150 e. The molecule has 4 heteroatoms. The van der Waals surface area contributed by atoms with Crippen molar-refractivity contribution in [3.63, 3.8) is 0 Å². The van der Waals surface area contributed by atoms with Crippen LogP contribution in [0.3, 0.4) is 0 Å². The summed E-state index contributed by atoms with van der Waals surface area (Å²) in [6.07, 6.45) is 1.85. The molecule has 1 aromatic heterocycles. The van der Waals surface area contributed by atoms with Gasteiger partial charge in [-0.1, -0.05) is 0 Å². The third-order valence-corrected chi connectivity index (χ3v) is 1.24. The highest BCUT2D eigenvalue weighted by atomic mass is 16.5. The SMILES string of the molecule is COCc1cn(C)nc1N. The van der Waals surface area contributed by atoms with Crippen LogP contribution in [0, 0.1) is 0 Å². The number of rotatable bonds is 2. The number of hydrogen-bond acceptors (Lipinski definition) is 3. The van der Waals surface area contributed by atoms with E-state index in [9.17, 15) is 0 Å². The fourth-order valence-electron chi connectivity index (χ4n) is 0.821. The highest BCUT2D eigenvalue weighted by molar-refractivity contribution is 5.36. The molecule has 1 aromatic rings. The molecule has 0 amide bonds. The molecule has 0 aliphatic heterocycles. The Morgan fingerprint density at radius 2 is 2.50 bits per heavy atom. The molecule has 0 unspecified atom stereocenters. The van der Waals surface area contributed by atoms with Gasteiger partial charge in [-0.3, -0.25) is 4.68 Å². The van der Waals surface area contributed by atoms with Crippen LogP contribution in [0.15, 0.2) is 6.20 Å². The summed E-state index contributed by atoms with van der Waals surface area (Å²) in [6, 6.07) is 0.